The van der Waals surface area contributed by atoms with Crippen LogP contribution in [0.4, 0.5) is 24.5 Å². The van der Waals surface area contributed by atoms with Crippen LogP contribution in [0.2, 0.25) is 0 Å². The molecule has 0 bridgehead atoms. The number of nitriles is 1. The summed E-state index contributed by atoms with van der Waals surface area (Å²) in [7, 11) is 0. The molecule has 0 atom stereocenters. The van der Waals surface area contributed by atoms with Crippen molar-refractivity contribution >= 4 is 23.0 Å². The summed E-state index contributed by atoms with van der Waals surface area (Å²) in [5, 5.41) is 19.9. The van der Waals surface area contributed by atoms with E-state index in [0.717, 1.165) is 18.2 Å². The second kappa shape index (κ2) is 8.59. The van der Waals surface area contributed by atoms with Gasteiger partial charge in [-0.3, -0.25) is 10.2 Å². The SMILES string of the molecule is N#Cc1cc(Oc2ccc(Nc3ccccc3C(=N)C(N)=O)cc2)ccc1C(F)(F)F. The molecule has 0 saturated carbocycles. The summed E-state index contributed by atoms with van der Waals surface area (Å²) < 4.78 is 44.3. The van der Waals surface area contributed by atoms with Gasteiger partial charge in [0.1, 0.15) is 17.2 Å². The Morgan fingerprint density at radius 3 is 2.29 bits per heavy atom. The average Bonchev–Trinajstić information content (AvgIpc) is 2.74. The summed E-state index contributed by atoms with van der Waals surface area (Å²) in [5.74, 6) is -0.427. The molecule has 0 aliphatic rings. The summed E-state index contributed by atoms with van der Waals surface area (Å²) in [4.78, 5) is 11.3. The molecule has 0 aliphatic heterocycles. The lowest BCUT2D eigenvalue weighted by molar-refractivity contribution is -0.137. The molecule has 0 unspecified atom stereocenters. The molecule has 0 heterocycles. The van der Waals surface area contributed by atoms with Crippen molar-refractivity contribution in [3.8, 4) is 17.6 Å². The molecule has 1 amide bonds. The van der Waals surface area contributed by atoms with Crippen molar-refractivity contribution in [1.29, 1.82) is 10.7 Å². The third kappa shape index (κ3) is 5.00. The second-order valence-corrected chi connectivity index (χ2v) is 6.35. The topological polar surface area (TPSA) is 112 Å². The first-order valence-electron chi connectivity index (χ1n) is 8.83. The van der Waals surface area contributed by atoms with Gasteiger partial charge < -0.3 is 15.8 Å². The second-order valence-electron chi connectivity index (χ2n) is 6.35. The summed E-state index contributed by atoms with van der Waals surface area (Å²) >= 11 is 0. The Kier molecular flexibility index (Phi) is 5.93. The Morgan fingerprint density at radius 1 is 1.03 bits per heavy atom. The van der Waals surface area contributed by atoms with Crippen LogP contribution in [0.5, 0.6) is 11.5 Å². The molecule has 6 nitrogen and oxygen atoms in total. The number of nitrogens with two attached hydrogens (primary N) is 1. The Hall–Kier alpha value is -4.32. The van der Waals surface area contributed by atoms with Crippen LogP contribution in [0.3, 0.4) is 0 Å². The number of hydrogen-bond acceptors (Lipinski definition) is 5. The minimum atomic E-state index is -4.63. The van der Waals surface area contributed by atoms with Gasteiger partial charge in [-0.2, -0.15) is 18.4 Å². The highest BCUT2D eigenvalue weighted by atomic mass is 19.4. The number of ether oxygens (including phenoxy) is 1. The number of benzene rings is 3. The molecule has 0 aromatic heterocycles. The van der Waals surface area contributed by atoms with Gasteiger partial charge in [-0.1, -0.05) is 18.2 Å². The lowest BCUT2D eigenvalue weighted by atomic mass is 10.1. The number of nitrogens with one attached hydrogen (secondary N) is 2. The molecule has 0 fully saturated rings. The Labute approximate surface area is 175 Å². The van der Waals surface area contributed by atoms with Crippen LogP contribution in [0.1, 0.15) is 16.7 Å². The van der Waals surface area contributed by atoms with Crippen molar-refractivity contribution in [1.82, 2.24) is 0 Å². The van der Waals surface area contributed by atoms with Crippen molar-refractivity contribution in [2.24, 2.45) is 5.73 Å². The zero-order chi connectivity index (χ0) is 22.6. The van der Waals surface area contributed by atoms with Crippen molar-refractivity contribution in [2.45, 2.75) is 6.18 Å². The lowest BCUT2D eigenvalue weighted by Gasteiger charge is -2.13. The van der Waals surface area contributed by atoms with Crippen LogP contribution < -0.4 is 15.8 Å². The molecule has 0 radical (unpaired) electrons. The van der Waals surface area contributed by atoms with E-state index >= 15 is 0 Å². The molecule has 0 spiro atoms. The molecule has 3 aromatic carbocycles. The zero-order valence-corrected chi connectivity index (χ0v) is 15.8. The first-order chi connectivity index (χ1) is 14.7. The Bertz CT molecular complexity index is 1180. The van der Waals surface area contributed by atoms with E-state index in [4.69, 9.17) is 21.1 Å². The number of amides is 1. The number of primary amides is 1. The fourth-order valence-corrected chi connectivity index (χ4v) is 2.77. The molecular formula is C22H15F3N4O2. The lowest BCUT2D eigenvalue weighted by Crippen LogP contribution is -2.23. The monoisotopic (exact) mass is 424 g/mol. The number of halogens is 3. The van der Waals surface area contributed by atoms with Crippen LogP contribution in [0.25, 0.3) is 0 Å². The van der Waals surface area contributed by atoms with Gasteiger partial charge >= 0.3 is 6.18 Å². The fraction of sp³-hybridized carbons (Fsp3) is 0.0455. The van der Waals surface area contributed by atoms with Gasteiger partial charge in [-0.15, -0.1) is 0 Å². The van der Waals surface area contributed by atoms with Crippen LogP contribution in [0, 0.1) is 16.7 Å². The molecular weight excluding hydrogens is 409 g/mol. The molecule has 0 aliphatic carbocycles. The number of carbonyl (C=O) groups is 1. The summed E-state index contributed by atoms with van der Waals surface area (Å²) in [6, 6.07) is 17.6. The summed E-state index contributed by atoms with van der Waals surface area (Å²) in [6.45, 7) is 0. The minimum Gasteiger partial charge on any atom is -0.457 e. The predicted molar refractivity (Wildman–Crippen MR) is 108 cm³/mol. The van der Waals surface area contributed by atoms with Gasteiger partial charge in [0.05, 0.1) is 17.2 Å². The standard InChI is InChI=1S/C22H15F3N4O2/c23-22(24,25)18-10-9-16(11-13(18)12-26)31-15-7-5-14(6-8-15)29-19-4-2-1-3-17(19)20(27)21(28)30/h1-11,27,29H,(H2,28,30). The van der Waals surface area contributed by atoms with Gasteiger partial charge in [-0.05, 0) is 48.5 Å². The van der Waals surface area contributed by atoms with Gasteiger partial charge in [0.15, 0.2) is 0 Å². The molecule has 3 rings (SSSR count). The fourth-order valence-electron chi connectivity index (χ4n) is 2.77. The molecule has 9 heteroatoms. The van der Waals surface area contributed by atoms with E-state index in [1.54, 1.807) is 48.5 Å². The smallest absolute Gasteiger partial charge is 0.417 e. The van der Waals surface area contributed by atoms with Crippen LogP contribution >= 0.6 is 0 Å². The number of anilines is 2. The first kappa shape index (κ1) is 21.4. The summed E-state index contributed by atoms with van der Waals surface area (Å²) in [5.41, 5.74) is 4.75. The van der Waals surface area contributed by atoms with E-state index in [1.165, 1.54) is 6.07 Å². The third-order valence-corrected chi connectivity index (χ3v) is 4.23. The molecule has 156 valence electrons. The maximum atomic E-state index is 12.9. The van der Waals surface area contributed by atoms with Crippen LogP contribution in [0.15, 0.2) is 66.7 Å². The molecule has 0 saturated heterocycles. The number of para-hydroxylation sites is 1. The van der Waals surface area contributed by atoms with Gasteiger partial charge in [-0.25, -0.2) is 0 Å². The van der Waals surface area contributed by atoms with Gasteiger partial charge in [0.25, 0.3) is 5.91 Å². The Morgan fingerprint density at radius 2 is 1.68 bits per heavy atom. The molecule has 31 heavy (non-hydrogen) atoms. The van der Waals surface area contributed by atoms with Crippen molar-refractivity contribution in [3.05, 3.63) is 83.4 Å². The third-order valence-electron chi connectivity index (χ3n) is 4.23. The first-order valence-corrected chi connectivity index (χ1v) is 8.83. The number of nitrogens with zero attached hydrogens (tertiary/aromatic N) is 1. The number of rotatable bonds is 6. The van der Waals surface area contributed by atoms with E-state index in [2.05, 4.69) is 5.32 Å². The number of alkyl halides is 3. The van der Waals surface area contributed by atoms with Crippen molar-refractivity contribution in [3.63, 3.8) is 0 Å². The van der Waals surface area contributed by atoms with E-state index in [0.29, 0.717) is 22.7 Å². The highest BCUT2D eigenvalue weighted by molar-refractivity contribution is 6.44. The maximum absolute atomic E-state index is 12.9. The van der Waals surface area contributed by atoms with Crippen LogP contribution in [-0.2, 0) is 11.0 Å². The minimum absolute atomic E-state index is 0.0884. The molecule has 3 aromatic rings. The quantitative estimate of drug-likeness (QED) is 0.485. The highest BCUT2D eigenvalue weighted by Gasteiger charge is 2.33. The van der Waals surface area contributed by atoms with Crippen LogP contribution in [-0.4, -0.2) is 11.6 Å². The van der Waals surface area contributed by atoms with E-state index in [9.17, 15) is 18.0 Å². The summed E-state index contributed by atoms with van der Waals surface area (Å²) in [6.07, 6.45) is -4.63. The van der Waals surface area contributed by atoms with E-state index < -0.39 is 23.2 Å². The van der Waals surface area contributed by atoms with Crippen molar-refractivity contribution in [2.75, 3.05) is 5.32 Å². The number of carbonyl (C=O) groups excluding carboxylic acids is 1. The van der Waals surface area contributed by atoms with Gasteiger partial charge in [0.2, 0.25) is 0 Å². The van der Waals surface area contributed by atoms with E-state index in [1.807, 2.05) is 0 Å². The Balaban J connectivity index is 1.77. The zero-order valence-electron chi connectivity index (χ0n) is 15.8. The highest BCUT2D eigenvalue weighted by Crippen LogP contribution is 2.34. The number of hydrogen-bond donors (Lipinski definition) is 3. The largest absolute Gasteiger partial charge is 0.457 e. The maximum Gasteiger partial charge on any atom is 0.417 e. The molecule has 4 N–H and O–H groups in total. The van der Waals surface area contributed by atoms with E-state index in [-0.39, 0.29) is 11.5 Å². The van der Waals surface area contributed by atoms with Crippen molar-refractivity contribution < 1.29 is 22.7 Å². The predicted octanol–water partition coefficient (Wildman–Crippen LogP) is 4.97. The normalized spacial score (nSPS) is 10.8. The average molecular weight is 424 g/mol. The van der Waals surface area contributed by atoms with Gasteiger partial charge in [0, 0.05) is 16.9 Å².